The van der Waals surface area contributed by atoms with Crippen LogP contribution in [0.2, 0.25) is 0 Å². The molecule has 178 valence electrons. The molecule has 1 N–H and O–H groups in total. The van der Waals surface area contributed by atoms with E-state index in [2.05, 4.69) is 20.8 Å². The summed E-state index contributed by atoms with van der Waals surface area (Å²) >= 11 is 0. The van der Waals surface area contributed by atoms with Gasteiger partial charge in [-0.05, 0) is 54.9 Å². The topological polar surface area (TPSA) is 66.8 Å². The molecule has 0 bridgehead atoms. The monoisotopic (exact) mass is 455 g/mol. The minimum Gasteiger partial charge on any atom is -0.505 e. The number of imide groups is 1. The van der Waals surface area contributed by atoms with Crippen LogP contribution in [-0.2, 0) is 14.3 Å². The van der Waals surface area contributed by atoms with Gasteiger partial charge in [0, 0.05) is 13.0 Å². The second kappa shape index (κ2) is 9.41. The summed E-state index contributed by atoms with van der Waals surface area (Å²) in [6.07, 6.45) is 6.07. The molecule has 0 unspecified atom stereocenters. The number of ether oxygens (including phenoxy) is 1. The van der Waals surface area contributed by atoms with E-state index in [1.807, 2.05) is 6.08 Å². The number of aromatic hydroxyl groups is 1. The number of phenols is 1. The number of carbonyl (C=O) groups excluding carboxylic acids is 2. The summed E-state index contributed by atoms with van der Waals surface area (Å²) in [6.45, 7) is 6.91. The van der Waals surface area contributed by atoms with Crippen molar-refractivity contribution in [3.8, 4) is 5.75 Å². The van der Waals surface area contributed by atoms with Crippen molar-refractivity contribution in [2.24, 2.45) is 23.7 Å². The van der Waals surface area contributed by atoms with Crippen LogP contribution in [0.4, 0.5) is 4.39 Å². The summed E-state index contributed by atoms with van der Waals surface area (Å²) in [5.41, 5.74) is 4.47. The van der Waals surface area contributed by atoms with Crippen LogP contribution in [0.25, 0.3) is 6.08 Å². The van der Waals surface area contributed by atoms with Gasteiger partial charge in [0.1, 0.15) is 0 Å². The summed E-state index contributed by atoms with van der Waals surface area (Å²) in [5, 5.41) is 9.46. The molecule has 2 fully saturated rings. The maximum absolute atomic E-state index is 13.8. The molecule has 1 aromatic rings. The molecule has 6 heteroatoms. The van der Waals surface area contributed by atoms with Crippen LogP contribution in [-0.4, -0.2) is 41.6 Å². The smallest absolute Gasteiger partial charge is 0.233 e. The SMILES string of the molecule is CCC/C(=C\c1ccc(O)c(F)c1)CC[C@H]1OC[C@H]2C1=C(C(C)C)C[C@H]1C(=O)N(C)C(=O)[C@H]12. The normalized spacial score (nSPS) is 27.6. The minimum atomic E-state index is -0.620. The quantitative estimate of drug-likeness (QED) is 0.459. The minimum absolute atomic E-state index is 0.0163. The standard InChI is InChI=1S/C27H34FNO4/c1-5-6-16(11-17-7-9-22(30)21(28)12-17)8-10-23-24-18(15(2)3)13-19-25(20(24)14-33-23)27(32)29(4)26(19)31/h7,9,11-12,15,19-20,23,25,30H,5-6,8,10,13-14H2,1-4H3/b16-11+/t19-,20+,23-,25-/m1/s1. The third kappa shape index (κ3) is 4.37. The van der Waals surface area contributed by atoms with E-state index in [1.54, 1.807) is 13.1 Å². The fraction of sp³-hybridized carbons (Fsp3) is 0.556. The van der Waals surface area contributed by atoms with Gasteiger partial charge in [-0.25, -0.2) is 4.39 Å². The predicted octanol–water partition coefficient (Wildman–Crippen LogP) is 5.10. The van der Waals surface area contributed by atoms with E-state index in [-0.39, 0.29) is 41.4 Å². The molecular weight excluding hydrogens is 421 g/mol. The number of amides is 2. The van der Waals surface area contributed by atoms with E-state index in [0.29, 0.717) is 18.9 Å². The largest absolute Gasteiger partial charge is 0.505 e. The Balaban J connectivity index is 1.57. The summed E-state index contributed by atoms with van der Waals surface area (Å²) in [5.74, 6) is -1.36. The second-order valence-corrected chi connectivity index (χ2v) is 9.94. The highest BCUT2D eigenvalue weighted by Crippen LogP contribution is 2.51. The van der Waals surface area contributed by atoms with Crippen molar-refractivity contribution in [1.29, 1.82) is 0 Å². The predicted molar refractivity (Wildman–Crippen MR) is 125 cm³/mol. The van der Waals surface area contributed by atoms with Crippen molar-refractivity contribution >= 4 is 17.9 Å². The summed E-state index contributed by atoms with van der Waals surface area (Å²) in [6, 6.07) is 4.45. The molecule has 2 saturated heterocycles. The molecular formula is C27H34FNO4. The third-order valence-electron chi connectivity index (χ3n) is 7.50. The lowest BCUT2D eigenvalue weighted by Gasteiger charge is -2.33. The third-order valence-corrected chi connectivity index (χ3v) is 7.50. The van der Waals surface area contributed by atoms with Gasteiger partial charge in [-0.3, -0.25) is 14.5 Å². The first-order valence-electron chi connectivity index (χ1n) is 12.1. The highest BCUT2D eigenvalue weighted by atomic mass is 19.1. The van der Waals surface area contributed by atoms with Gasteiger partial charge in [0.15, 0.2) is 11.6 Å². The average Bonchev–Trinajstić information content (AvgIpc) is 3.29. The lowest BCUT2D eigenvalue weighted by atomic mass is 9.67. The van der Waals surface area contributed by atoms with Crippen LogP contribution in [0, 0.1) is 29.5 Å². The first-order chi connectivity index (χ1) is 15.7. The first-order valence-corrected chi connectivity index (χ1v) is 12.1. The summed E-state index contributed by atoms with van der Waals surface area (Å²) in [4.78, 5) is 26.8. The fourth-order valence-corrected chi connectivity index (χ4v) is 5.87. The molecule has 3 aliphatic rings. The number of nitrogens with zero attached hydrogens (tertiary/aromatic N) is 1. The molecule has 4 atom stereocenters. The Morgan fingerprint density at radius 3 is 2.67 bits per heavy atom. The highest BCUT2D eigenvalue weighted by molar-refractivity contribution is 6.05. The molecule has 0 spiro atoms. The van der Waals surface area contributed by atoms with Crippen molar-refractivity contribution in [2.75, 3.05) is 13.7 Å². The number of halogens is 1. The maximum atomic E-state index is 13.8. The lowest BCUT2D eigenvalue weighted by molar-refractivity contribution is -0.138. The van der Waals surface area contributed by atoms with E-state index in [0.717, 1.165) is 31.2 Å². The first kappa shape index (κ1) is 23.7. The second-order valence-electron chi connectivity index (χ2n) is 9.94. The zero-order valence-corrected chi connectivity index (χ0v) is 19.9. The van der Waals surface area contributed by atoms with Crippen molar-refractivity contribution in [3.05, 3.63) is 46.3 Å². The Labute approximate surface area is 195 Å². The molecule has 1 aliphatic carbocycles. The van der Waals surface area contributed by atoms with Crippen molar-refractivity contribution < 1.29 is 23.8 Å². The van der Waals surface area contributed by atoms with Gasteiger partial charge in [-0.15, -0.1) is 0 Å². The molecule has 0 radical (unpaired) electrons. The number of rotatable bonds is 7. The van der Waals surface area contributed by atoms with Gasteiger partial charge in [0.05, 0.1) is 24.5 Å². The molecule has 0 saturated carbocycles. The van der Waals surface area contributed by atoms with Gasteiger partial charge in [-0.1, -0.05) is 50.5 Å². The lowest BCUT2D eigenvalue weighted by Crippen LogP contribution is -2.34. The number of phenolic OH excluding ortho intramolecular Hbond substituents is 1. The average molecular weight is 456 g/mol. The number of hydrogen-bond acceptors (Lipinski definition) is 4. The number of benzene rings is 1. The number of fused-ring (bicyclic) bond motifs is 3. The maximum Gasteiger partial charge on any atom is 0.233 e. The van der Waals surface area contributed by atoms with E-state index in [4.69, 9.17) is 4.74 Å². The van der Waals surface area contributed by atoms with Crippen LogP contribution in [0.15, 0.2) is 34.9 Å². The molecule has 2 heterocycles. The Morgan fingerprint density at radius 2 is 2.00 bits per heavy atom. The van der Waals surface area contributed by atoms with Crippen LogP contribution in [0.3, 0.4) is 0 Å². The Morgan fingerprint density at radius 1 is 1.24 bits per heavy atom. The van der Waals surface area contributed by atoms with E-state index in [1.165, 1.54) is 33.8 Å². The molecule has 2 amide bonds. The molecule has 33 heavy (non-hydrogen) atoms. The number of carbonyl (C=O) groups is 2. The van der Waals surface area contributed by atoms with Crippen LogP contribution in [0.1, 0.15) is 58.4 Å². The van der Waals surface area contributed by atoms with Gasteiger partial charge in [0.2, 0.25) is 11.8 Å². The fourth-order valence-electron chi connectivity index (χ4n) is 5.87. The van der Waals surface area contributed by atoms with Crippen LogP contribution >= 0.6 is 0 Å². The number of likely N-dealkylation sites (tertiary alicyclic amines) is 1. The van der Waals surface area contributed by atoms with Crippen molar-refractivity contribution in [2.45, 2.75) is 59.0 Å². The Bertz CT molecular complexity index is 1010. The highest BCUT2D eigenvalue weighted by Gasteiger charge is 2.56. The van der Waals surface area contributed by atoms with E-state index >= 15 is 0 Å². The van der Waals surface area contributed by atoms with Crippen LogP contribution < -0.4 is 0 Å². The molecule has 1 aromatic carbocycles. The molecule has 2 aliphatic heterocycles. The van der Waals surface area contributed by atoms with Crippen molar-refractivity contribution in [1.82, 2.24) is 4.90 Å². The summed E-state index contributed by atoms with van der Waals surface area (Å²) in [7, 11) is 1.60. The molecule has 0 aromatic heterocycles. The van der Waals surface area contributed by atoms with Gasteiger partial charge in [-0.2, -0.15) is 0 Å². The summed E-state index contributed by atoms with van der Waals surface area (Å²) < 4.78 is 20.0. The Hall–Kier alpha value is -2.47. The number of hydrogen-bond donors (Lipinski definition) is 1. The van der Waals surface area contributed by atoms with Gasteiger partial charge >= 0.3 is 0 Å². The molecule has 5 nitrogen and oxygen atoms in total. The van der Waals surface area contributed by atoms with Crippen molar-refractivity contribution in [3.63, 3.8) is 0 Å². The zero-order chi connectivity index (χ0) is 23.9. The van der Waals surface area contributed by atoms with Crippen LogP contribution in [0.5, 0.6) is 5.75 Å². The van der Waals surface area contributed by atoms with Gasteiger partial charge < -0.3 is 9.84 Å². The number of allylic oxidation sites excluding steroid dienone is 2. The Kier molecular flexibility index (Phi) is 6.76. The van der Waals surface area contributed by atoms with E-state index < -0.39 is 5.82 Å². The van der Waals surface area contributed by atoms with Gasteiger partial charge in [0.25, 0.3) is 0 Å². The van der Waals surface area contributed by atoms with E-state index in [9.17, 15) is 19.1 Å². The zero-order valence-electron chi connectivity index (χ0n) is 19.9. The molecule has 4 rings (SSSR count).